The third-order valence-electron chi connectivity index (χ3n) is 3.28. The van der Waals surface area contributed by atoms with Gasteiger partial charge < -0.3 is 9.47 Å². The number of nitrogens with one attached hydrogen (secondary N) is 1. The number of hydrogen-bond donors (Lipinski definition) is 1. The number of sulfonamides is 1. The average Bonchev–Trinajstić information content (AvgIpc) is 2.95. The molecule has 3 rings (SSSR count). The predicted octanol–water partition coefficient (Wildman–Crippen LogP) is 2.34. The molecule has 0 saturated carbocycles. The molecule has 0 radical (unpaired) electrons. The highest BCUT2D eigenvalue weighted by atomic mass is 32.2. The third-order valence-corrected chi connectivity index (χ3v) is 4.70. The van der Waals surface area contributed by atoms with Crippen LogP contribution in [0.3, 0.4) is 0 Å². The normalized spacial score (nSPS) is 13.4. The number of aryl methyl sites for hydroxylation is 1. The molecule has 1 aliphatic heterocycles. The predicted molar refractivity (Wildman–Crippen MR) is 77.7 cm³/mol. The Morgan fingerprint density at radius 3 is 2.73 bits per heavy atom. The van der Waals surface area contributed by atoms with E-state index < -0.39 is 15.8 Å². The van der Waals surface area contributed by atoms with Gasteiger partial charge in [0.05, 0.1) is 0 Å². The van der Waals surface area contributed by atoms with Gasteiger partial charge in [-0.15, -0.1) is 0 Å². The van der Waals surface area contributed by atoms with Crippen LogP contribution in [0.5, 0.6) is 11.5 Å². The standard InChI is InChI=1S/C15H14FNO4S/c1-10-2-4-12(16)15(6-10)22(18,19)17-8-11-3-5-13-14(7-11)21-9-20-13/h2-7,17H,8-9H2,1H3. The van der Waals surface area contributed by atoms with Crippen LogP contribution >= 0.6 is 0 Å². The first-order chi connectivity index (χ1) is 10.5. The van der Waals surface area contributed by atoms with Crippen LogP contribution in [0.25, 0.3) is 0 Å². The van der Waals surface area contributed by atoms with Crippen LogP contribution in [0.15, 0.2) is 41.3 Å². The van der Waals surface area contributed by atoms with Gasteiger partial charge in [0.15, 0.2) is 11.5 Å². The molecule has 0 amide bonds. The van der Waals surface area contributed by atoms with Crippen molar-refractivity contribution in [3.63, 3.8) is 0 Å². The van der Waals surface area contributed by atoms with E-state index in [0.29, 0.717) is 22.6 Å². The van der Waals surface area contributed by atoms with Gasteiger partial charge >= 0.3 is 0 Å². The molecule has 116 valence electrons. The molecule has 22 heavy (non-hydrogen) atoms. The molecule has 5 nitrogen and oxygen atoms in total. The lowest BCUT2D eigenvalue weighted by Gasteiger charge is -2.09. The second-order valence-corrected chi connectivity index (χ2v) is 6.68. The molecule has 7 heteroatoms. The van der Waals surface area contributed by atoms with Crippen LogP contribution in [0.1, 0.15) is 11.1 Å². The zero-order valence-corrected chi connectivity index (χ0v) is 12.6. The van der Waals surface area contributed by atoms with Crippen molar-refractivity contribution in [2.45, 2.75) is 18.4 Å². The summed E-state index contributed by atoms with van der Waals surface area (Å²) in [6.07, 6.45) is 0. The molecule has 0 atom stereocenters. The Morgan fingerprint density at radius 1 is 1.14 bits per heavy atom. The summed E-state index contributed by atoms with van der Waals surface area (Å²) in [6, 6.07) is 9.09. The number of ether oxygens (including phenoxy) is 2. The number of halogens is 1. The van der Waals surface area contributed by atoms with Gasteiger partial charge in [0, 0.05) is 6.54 Å². The molecule has 2 aromatic rings. The van der Waals surface area contributed by atoms with Crippen molar-refractivity contribution in [2.24, 2.45) is 0 Å². The molecule has 2 aromatic carbocycles. The summed E-state index contributed by atoms with van der Waals surface area (Å²) < 4.78 is 50.9. The molecule has 1 N–H and O–H groups in total. The molecular weight excluding hydrogens is 309 g/mol. The lowest BCUT2D eigenvalue weighted by Crippen LogP contribution is -2.24. The lowest BCUT2D eigenvalue weighted by molar-refractivity contribution is 0.174. The fourth-order valence-electron chi connectivity index (χ4n) is 2.12. The number of hydrogen-bond acceptors (Lipinski definition) is 4. The summed E-state index contributed by atoms with van der Waals surface area (Å²) in [5, 5.41) is 0. The minimum atomic E-state index is -3.92. The van der Waals surface area contributed by atoms with Crippen molar-refractivity contribution in [1.29, 1.82) is 0 Å². The van der Waals surface area contributed by atoms with E-state index in [2.05, 4.69) is 4.72 Å². The van der Waals surface area contributed by atoms with E-state index in [4.69, 9.17) is 9.47 Å². The van der Waals surface area contributed by atoms with E-state index in [0.717, 1.165) is 6.07 Å². The Kier molecular flexibility index (Phi) is 3.76. The summed E-state index contributed by atoms with van der Waals surface area (Å²) in [5.41, 5.74) is 1.37. The number of rotatable bonds is 4. The van der Waals surface area contributed by atoms with Crippen LogP contribution in [0.4, 0.5) is 4.39 Å². The van der Waals surface area contributed by atoms with E-state index >= 15 is 0 Å². The zero-order valence-electron chi connectivity index (χ0n) is 11.8. The highest BCUT2D eigenvalue weighted by Crippen LogP contribution is 2.32. The third kappa shape index (κ3) is 2.90. The first-order valence-corrected chi connectivity index (χ1v) is 8.08. The highest BCUT2D eigenvalue weighted by molar-refractivity contribution is 7.89. The molecule has 1 heterocycles. The Bertz CT molecular complexity index is 820. The second kappa shape index (κ2) is 5.58. The fourth-order valence-corrected chi connectivity index (χ4v) is 3.30. The van der Waals surface area contributed by atoms with Gasteiger partial charge in [0.1, 0.15) is 10.7 Å². The number of fused-ring (bicyclic) bond motifs is 1. The molecular formula is C15H14FNO4S. The van der Waals surface area contributed by atoms with E-state index in [1.165, 1.54) is 12.1 Å². The highest BCUT2D eigenvalue weighted by Gasteiger charge is 2.20. The molecule has 0 saturated heterocycles. The van der Waals surface area contributed by atoms with E-state index in [-0.39, 0.29) is 18.2 Å². The summed E-state index contributed by atoms with van der Waals surface area (Å²) in [5.74, 6) is 0.415. The summed E-state index contributed by atoms with van der Waals surface area (Å²) in [4.78, 5) is -0.353. The van der Waals surface area contributed by atoms with Crippen LogP contribution in [-0.4, -0.2) is 15.2 Å². The van der Waals surface area contributed by atoms with E-state index in [9.17, 15) is 12.8 Å². The lowest BCUT2D eigenvalue weighted by atomic mass is 10.2. The quantitative estimate of drug-likeness (QED) is 0.938. The van der Waals surface area contributed by atoms with Crippen LogP contribution < -0.4 is 14.2 Å². The Hall–Kier alpha value is -2.12. The summed E-state index contributed by atoms with van der Waals surface area (Å²) >= 11 is 0. The maximum absolute atomic E-state index is 13.7. The molecule has 0 aliphatic carbocycles. The molecule has 0 spiro atoms. The molecule has 0 fully saturated rings. The van der Waals surface area contributed by atoms with Crippen LogP contribution in [0.2, 0.25) is 0 Å². The smallest absolute Gasteiger partial charge is 0.243 e. The fraction of sp³-hybridized carbons (Fsp3) is 0.200. The number of benzene rings is 2. The summed E-state index contributed by atoms with van der Waals surface area (Å²) in [7, 11) is -3.92. The van der Waals surface area contributed by atoms with Gasteiger partial charge in [-0.25, -0.2) is 17.5 Å². The minimum absolute atomic E-state index is 0.0341. The van der Waals surface area contributed by atoms with Crippen molar-refractivity contribution in [1.82, 2.24) is 4.72 Å². The Balaban J connectivity index is 1.79. The molecule has 0 unspecified atom stereocenters. The Labute approximate surface area is 127 Å². The van der Waals surface area contributed by atoms with Crippen molar-refractivity contribution in [3.8, 4) is 11.5 Å². The van der Waals surface area contributed by atoms with Crippen LogP contribution in [0, 0.1) is 12.7 Å². The first-order valence-electron chi connectivity index (χ1n) is 6.60. The minimum Gasteiger partial charge on any atom is -0.454 e. The topological polar surface area (TPSA) is 64.6 Å². The van der Waals surface area contributed by atoms with Crippen molar-refractivity contribution >= 4 is 10.0 Å². The zero-order chi connectivity index (χ0) is 15.7. The average molecular weight is 323 g/mol. The monoisotopic (exact) mass is 323 g/mol. The Morgan fingerprint density at radius 2 is 1.91 bits per heavy atom. The van der Waals surface area contributed by atoms with Gasteiger partial charge in [-0.3, -0.25) is 0 Å². The van der Waals surface area contributed by atoms with Crippen LogP contribution in [-0.2, 0) is 16.6 Å². The van der Waals surface area contributed by atoms with Gasteiger partial charge in [-0.1, -0.05) is 12.1 Å². The van der Waals surface area contributed by atoms with Crippen molar-refractivity contribution in [3.05, 3.63) is 53.3 Å². The van der Waals surface area contributed by atoms with Gasteiger partial charge in [0.25, 0.3) is 0 Å². The van der Waals surface area contributed by atoms with E-state index in [1.807, 2.05) is 0 Å². The molecule has 0 bridgehead atoms. The second-order valence-electron chi connectivity index (χ2n) is 4.95. The largest absolute Gasteiger partial charge is 0.454 e. The van der Waals surface area contributed by atoms with E-state index in [1.54, 1.807) is 25.1 Å². The van der Waals surface area contributed by atoms with Gasteiger partial charge in [0.2, 0.25) is 16.8 Å². The van der Waals surface area contributed by atoms with Gasteiger partial charge in [-0.2, -0.15) is 0 Å². The first kappa shape index (κ1) is 14.8. The SMILES string of the molecule is Cc1ccc(F)c(S(=O)(=O)NCc2ccc3c(c2)OCO3)c1. The maximum atomic E-state index is 13.7. The summed E-state index contributed by atoms with van der Waals surface area (Å²) in [6.45, 7) is 1.89. The van der Waals surface area contributed by atoms with Crippen molar-refractivity contribution in [2.75, 3.05) is 6.79 Å². The van der Waals surface area contributed by atoms with Crippen molar-refractivity contribution < 1.29 is 22.3 Å². The molecule has 1 aliphatic rings. The maximum Gasteiger partial charge on any atom is 0.243 e. The van der Waals surface area contributed by atoms with Gasteiger partial charge in [-0.05, 0) is 42.3 Å². The molecule has 0 aromatic heterocycles.